The molecule has 0 amide bonds. The largest absolute Gasteiger partial charge is 0.255 e. The van der Waals surface area contributed by atoms with Gasteiger partial charge in [0.15, 0.2) is 0 Å². The first-order valence-electron chi connectivity index (χ1n) is 15.0. The van der Waals surface area contributed by atoms with Crippen molar-refractivity contribution in [2.24, 2.45) is 0 Å². The molecule has 0 spiro atoms. The minimum absolute atomic E-state index is 0.938. The van der Waals surface area contributed by atoms with Gasteiger partial charge in [0.1, 0.15) is 0 Å². The summed E-state index contributed by atoms with van der Waals surface area (Å²) in [6.07, 6.45) is 30.3. The van der Waals surface area contributed by atoms with Crippen LogP contribution in [-0.2, 0) is 6.42 Å². The van der Waals surface area contributed by atoms with Gasteiger partial charge in [-0.25, -0.2) is 0 Å². The van der Waals surface area contributed by atoms with Crippen molar-refractivity contribution in [3.63, 3.8) is 0 Å². The van der Waals surface area contributed by atoms with Gasteiger partial charge in [-0.1, -0.05) is 139 Å². The molecule has 1 aromatic carbocycles. The van der Waals surface area contributed by atoms with Gasteiger partial charge >= 0.3 is 0 Å². The molecule has 0 radical (unpaired) electrons. The van der Waals surface area contributed by atoms with Crippen LogP contribution in [0, 0.1) is 0 Å². The fourth-order valence-electron chi connectivity index (χ4n) is 4.92. The lowest BCUT2D eigenvalue weighted by molar-refractivity contribution is 0.532. The van der Waals surface area contributed by atoms with E-state index in [1.807, 2.05) is 24.5 Å². The summed E-state index contributed by atoms with van der Waals surface area (Å²) in [6, 6.07) is 18.9. The third-order valence-electron chi connectivity index (χ3n) is 7.21. The summed E-state index contributed by atoms with van der Waals surface area (Å²) < 4.78 is 0. The average Bonchev–Trinajstić information content (AvgIpc) is 2.95. The minimum Gasteiger partial charge on any atom is -0.255 e. The number of unbranched alkanes of at least 4 members (excludes halogenated alkanes) is 14. The van der Waals surface area contributed by atoms with Crippen molar-refractivity contribution in [2.75, 3.05) is 0 Å². The first-order valence-corrected chi connectivity index (χ1v) is 15.0. The van der Waals surface area contributed by atoms with E-state index in [2.05, 4.69) is 71.5 Å². The molecule has 198 valence electrons. The van der Waals surface area contributed by atoms with E-state index in [1.54, 1.807) is 0 Å². The number of benzene rings is 1. The van der Waals surface area contributed by atoms with Crippen molar-refractivity contribution in [1.82, 2.24) is 9.97 Å². The Morgan fingerprint density at radius 1 is 0.514 bits per heavy atom. The van der Waals surface area contributed by atoms with Crippen LogP contribution in [0.1, 0.15) is 120 Å². The Morgan fingerprint density at radius 3 is 1.65 bits per heavy atom. The molecule has 0 unspecified atom stereocenters. The first kappa shape index (κ1) is 28.8. The van der Waals surface area contributed by atoms with Crippen LogP contribution in [0.5, 0.6) is 0 Å². The summed E-state index contributed by atoms with van der Waals surface area (Å²) in [4.78, 5) is 9.19. The molecule has 2 heterocycles. The topological polar surface area (TPSA) is 25.8 Å². The highest BCUT2D eigenvalue weighted by Gasteiger charge is 2.04. The summed E-state index contributed by atoms with van der Waals surface area (Å²) >= 11 is 0. The van der Waals surface area contributed by atoms with Crippen LogP contribution in [0.15, 0.2) is 67.0 Å². The Kier molecular flexibility index (Phi) is 14.4. The third-order valence-corrected chi connectivity index (χ3v) is 7.21. The second kappa shape index (κ2) is 18.5. The highest BCUT2D eigenvalue weighted by atomic mass is 14.8. The number of nitrogens with zero attached hydrogens (tertiary/aromatic N) is 2. The summed E-state index contributed by atoms with van der Waals surface area (Å²) in [5.74, 6) is 0. The fourth-order valence-corrected chi connectivity index (χ4v) is 4.92. The molecular formula is C35H48N2. The molecule has 3 aromatic rings. The van der Waals surface area contributed by atoms with E-state index in [9.17, 15) is 0 Å². The van der Waals surface area contributed by atoms with Gasteiger partial charge < -0.3 is 0 Å². The molecule has 0 bridgehead atoms. The van der Waals surface area contributed by atoms with Crippen molar-refractivity contribution < 1.29 is 0 Å². The first-order chi connectivity index (χ1) is 18.3. The van der Waals surface area contributed by atoms with Crippen LogP contribution in [0.2, 0.25) is 0 Å². The summed E-state index contributed by atoms with van der Waals surface area (Å²) in [7, 11) is 0. The monoisotopic (exact) mass is 496 g/mol. The average molecular weight is 497 g/mol. The molecule has 0 aliphatic carbocycles. The van der Waals surface area contributed by atoms with Crippen molar-refractivity contribution in [2.45, 2.75) is 110 Å². The van der Waals surface area contributed by atoms with Gasteiger partial charge in [-0.2, -0.15) is 0 Å². The molecule has 0 aliphatic rings. The molecule has 0 saturated heterocycles. The molecule has 37 heavy (non-hydrogen) atoms. The van der Waals surface area contributed by atoms with E-state index in [0.29, 0.717) is 0 Å². The third kappa shape index (κ3) is 12.4. The van der Waals surface area contributed by atoms with Gasteiger partial charge in [0.05, 0.1) is 11.4 Å². The van der Waals surface area contributed by atoms with Gasteiger partial charge in [0.25, 0.3) is 0 Å². The number of aromatic nitrogens is 2. The summed E-state index contributed by atoms with van der Waals surface area (Å²) in [5.41, 5.74) is 5.61. The van der Waals surface area contributed by atoms with Gasteiger partial charge in [-0.15, -0.1) is 0 Å². The van der Waals surface area contributed by atoms with Crippen LogP contribution in [0.4, 0.5) is 0 Å². The molecule has 2 aromatic heterocycles. The summed E-state index contributed by atoms with van der Waals surface area (Å²) in [6.45, 7) is 2.29. The molecular weight excluding hydrogens is 448 g/mol. The highest BCUT2D eigenvalue weighted by Crippen LogP contribution is 2.20. The fraction of sp³-hybridized carbons (Fsp3) is 0.486. The van der Waals surface area contributed by atoms with E-state index in [0.717, 1.165) is 23.4 Å². The van der Waals surface area contributed by atoms with Crippen LogP contribution < -0.4 is 0 Å². The van der Waals surface area contributed by atoms with Crippen molar-refractivity contribution in [1.29, 1.82) is 0 Å². The molecule has 2 nitrogen and oxygen atoms in total. The lowest BCUT2D eigenvalue weighted by Crippen LogP contribution is -1.92. The van der Waals surface area contributed by atoms with Gasteiger partial charge in [0.2, 0.25) is 0 Å². The normalized spacial score (nSPS) is 11.4. The van der Waals surface area contributed by atoms with Crippen LogP contribution >= 0.6 is 0 Å². The minimum atomic E-state index is 0.938. The lowest BCUT2D eigenvalue weighted by atomic mass is 10.0. The van der Waals surface area contributed by atoms with Gasteiger partial charge in [-0.3, -0.25) is 9.97 Å². The predicted octanol–water partition coefficient (Wildman–Crippen LogP) is 10.7. The Bertz CT molecular complexity index is 1010. The second-order valence-electron chi connectivity index (χ2n) is 10.5. The van der Waals surface area contributed by atoms with E-state index in [4.69, 9.17) is 0 Å². The summed E-state index contributed by atoms with van der Waals surface area (Å²) in [5, 5.41) is 0. The van der Waals surface area contributed by atoms with Crippen molar-refractivity contribution in [3.05, 3.63) is 83.7 Å². The maximum Gasteiger partial charge on any atom is 0.0892 e. The van der Waals surface area contributed by atoms with E-state index in [-0.39, 0.29) is 0 Å². The van der Waals surface area contributed by atoms with E-state index in [1.165, 1.54) is 107 Å². The van der Waals surface area contributed by atoms with Crippen LogP contribution in [0.25, 0.3) is 23.5 Å². The Balaban J connectivity index is 1.28. The van der Waals surface area contributed by atoms with Crippen molar-refractivity contribution >= 4 is 12.2 Å². The molecule has 3 rings (SSSR count). The van der Waals surface area contributed by atoms with Crippen LogP contribution in [0.3, 0.4) is 0 Å². The molecule has 0 atom stereocenters. The molecule has 0 fully saturated rings. The molecule has 0 N–H and O–H groups in total. The highest BCUT2D eigenvalue weighted by molar-refractivity contribution is 5.71. The maximum atomic E-state index is 4.60. The number of aryl methyl sites for hydroxylation is 1. The van der Waals surface area contributed by atoms with E-state index >= 15 is 0 Å². The number of pyridine rings is 2. The number of rotatable bonds is 19. The maximum absolute atomic E-state index is 4.60. The van der Waals surface area contributed by atoms with Gasteiger partial charge in [-0.05, 0) is 53.8 Å². The zero-order chi connectivity index (χ0) is 25.8. The Morgan fingerprint density at radius 2 is 1.03 bits per heavy atom. The SMILES string of the molecule is CCCCCCCCCCCCCCCCCc1ccnc(-c2cc(/C=C/c3ccccc3)ccn2)c1. The predicted molar refractivity (Wildman–Crippen MR) is 161 cm³/mol. The quantitative estimate of drug-likeness (QED) is 0.154. The van der Waals surface area contributed by atoms with Crippen molar-refractivity contribution in [3.8, 4) is 11.4 Å². The van der Waals surface area contributed by atoms with Crippen LogP contribution in [-0.4, -0.2) is 9.97 Å². The Labute approximate surface area is 226 Å². The molecule has 2 heteroatoms. The van der Waals surface area contributed by atoms with E-state index < -0.39 is 0 Å². The smallest absolute Gasteiger partial charge is 0.0892 e. The standard InChI is InChI=1S/C35H48N2/c1-2-3-4-5-6-7-8-9-10-11-12-13-14-15-17-22-32-25-27-36-34(29-32)35-30-33(26-28-37-35)24-23-31-20-18-16-19-21-31/h16,18-21,23-30H,2-15,17,22H2,1H3/b24-23+. The molecule has 0 aliphatic heterocycles. The zero-order valence-corrected chi connectivity index (χ0v) is 23.2. The lowest BCUT2D eigenvalue weighted by Gasteiger charge is -2.06. The zero-order valence-electron chi connectivity index (χ0n) is 23.2. The number of hydrogen-bond acceptors (Lipinski definition) is 2. The van der Waals surface area contributed by atoms with Gasteiger partial charge in [0, 0.05) is 12.4 Å². The molecule has 0 saturated carbocycles. The second-order valence-corrected chi connectivity index (χ2v) is 10.5. The number of hydrogen-bond donors (Lipinski definition) is 0. The Hall–Kier alpha value is -2.74.